The predicted molar refractivity (Wildman–Crippen MR) is 118 cm³/mol. The molecule has 5 unspecified atom stereocenters. The van der Waals surface area contributed by atoms with Crippen LogP contribution in [0.3, 0.4) is 0 Å². The lowest BCUT2D eigenvalue weighted by molar-refractivity contribution is -0.117. The van der Waals surface area contributed by atoms with Gasteiger partial charge in [0.2, 0.25) is 11.9 Å². The number of nitrogens with zero attached hydrogens (tertiary/aromatic N) is 5. The van der Waals surface area contributed by atoms with Crippen molar-refractivity contribution >= 4 is 29.0 Å². The number of quaternary nitrogens is 1. The highest BCUT2D eigenvalue weighted by Crippen LogP contribution is 2.80. The third kappa shape index (κ3) is 1.83. The lowest BCUT2D eigenvalue weighted by Crippen LogP contribution is -2.70. The van der Waals surface area contributed by atoms with Crippen LogP contribution in [0.25, 0.3) is 5.65 Å². The number of carbonyl (C=O) groups is 1. The number of aromatic nitrogens is 3. The molecule has 2 aromatic heterocycles. The third-order valence-corrected chi connectivity index (χ3v) is 9.25. The highest BCUT2D eigenvalue weighted by molar-refractivity contribution is 5.92. The van der Waals surface area contributed by atoms with Gasteiger partial charge in [0.15, 0.2) is 11.7 Å². The molecule has 8 rings (SSSR count). The second-order valence-electron chi connectivity index (χ2n) is 10.6. The van der Waals surface area contributed by atoms with Crippen molar-refractivity contribution in [2.75, 3.05) is 23.3 Å². The second-order valence-corrected chi connectivity index (χ2v) is 10.6. The Balaban J connectivity index is 1.16. The van der Waals surface area contributed by atoms with Gasteiger partial charge in [-0.1, -0.05) is 6.07 Å². The van der Waals surface area contributed by atoms with Crippen molar-refractivity contribution in [2.45, 2.75) is 43.8 Å². The number of hydrogen-bond donors (Lipinski definition) is 1. The van der Waals surface area contributed by atoms with E-state index in [1.165, 1.54) is 12.1 Å². The van der Waals surface area contributed by atoms with E-state index in [2.05, 4.69) is 33.3 Å². The molecule has 1 spiro atoms. The van der Waals surface area contributed by atoms with E-state index in [-0.39, 0.29) is 23.2 Å². The van der Waals surface area contributed by atoms with E-state index in [0.717, 1.165) is 41.9 Å². The maximum atomic E-state index is 13.6. The van der Waals surface area contributed by atoms with Crippen molar-refractivity contribution < 1.29 is 9.18 Å². The number of pyridine rings is 1. The van der Waals surface area contributed by atoms with Gasteiger partial charge in [-0.2, -0.15) is 9.50 Å². The van der Waals surface area contributed by atoms with Crippen LogP contribution in [0.1, 0.15) is 26.2 Å². The molecule has 0 bridgehead atoms. The van der Waals surface area contributed by atoms with Gasteiger partial charge in [-0.3, -0.25) is 14.6 Å². The third-order valence-electron chi connectivity index (χ3n) is 9.25. The molecule has 1 aromatic carbocycles. The normalized spacial score (nSPS) is 38.0. The first-order valence-electron chi connectivity index (χ1n) is 11.6. The second kappa shape index (κ2) is 5.14. The maximum Gasteiger partial charge on any atom is 0.249 e. The van der Waals surface area contributed by atoms with Crippen LogP contribution >= 0.6 is 0 Å². The average molecular weight is 431 g/mol. The Hall–Kier alpha value is -3.00. The summed E-state index contributed by atoms with van der Waals surface area (Å²) in [5, 5.41) is 7.54. The van der Waals surface area contributed by atoms with Crippen molar-refractivity contribution in [3.05, 3.63) is 48.3 Å². The van der Waals surface area contributed by atoms with E-state index in [1.54, 1.807) is 12.1 Å². The lowest BCUT2D eigenvalue weighted by atomic mass is 9.70. The van der Waals surface area contributed by atoms with E-state index in [0.29, 0.717) is 23.4 Å². The fourth-order valence-electron chi connectivity index (χ4n) is 7.32. The van der Waals surface area contributed by atoms with Crippen molar-refractivity contribution in [3.63, 3.8) is 0 Å². The van der Waals surface area contributed by atoms with Crippen molar-refractivity contribution in [2.24, 2.45) is 11.3 Å². The summed E-state index contributed by atoms with van der Waals surface area (Å²) in [6.07, 6.45) is 3.13. The molecule has 3 aliphatic heterocycles. The Labute approximate surface area is 184 Å². The molecule has 1 N–H and O–H groups in total. The van der Waals surface area contributed by atoms with E-state index < -0.39 is 0 Å². The summed E-state index contributed by atoms with van der Waals surface area (Å²) in [4.78, 5) is 19.2. The van der Waals surface area contributed by atoms with E-state index in [1.807, 2.05) is 28.8 Å². The summed E-state index contributed by atoms with van der Waals surface area (Å²) in [6.45, 7) is 4.53. The number of fused-ring (bicyclic) bond motifs is 4. The van der Waals surface area contributed by atoms with Gasteiger partial charge in [0.1, 0.15) is 35.4 Å². The highest BCUT2D eigenvalue weighted by Gasteiger charge is 2.97. The molecule has 5 fully saturated rings. The highest BCUT2D eigenvalue weighted by atomic mass is 19.1. The van der Waals surface area contributed by atoms with Crippen LogP contribution in [-0.4, -0.2) is 51.2 Å². The number of nitrogens with one attached hydrogen (secondary N) is 1. The molecule has 3 saturated heterocycles. The Bertz CT molecular complexity index is 1330. The van der Waals surface area contributed by atoms with E-state index in [4.69, 9.17) is 0 Å². The van der Waals surface area contributed by atoms with Crippen LogP contribution in [0, 0.1) is 17.2 Å². The Morgan fingerprint density at radius 1 is 1.19 bits per heavy atom. The summed E-state index contributed by atoms with van der Waals surface area (Å²) in [7, 11) is 0. The molecule has 5 aliphatic rings. The van der Waals surface area contributed by atoms with Gasteiger partial charge in [0.25, 0.3) is 0 Å². The molecular weight excluding hydrogens is 407 g/mol. The van der Waals surface area contributed by atoms with Gasteiger partial charge < -0.3 is 4.90 Å². The number of hydrogen-bond acceptors (Lipinski definition) is 4. The molecule has 5 atom stereocenters. The van der Waals surface area contributed by atoms with Crippen LogP contribution in [0.4, 0.5) is 21.8 Å². The minimum absolute atomic E-state index is 0.0216. The number of anilines is 2. The zero-order valence-corrected chi connectivity index (χ0v) is 17.8. The van der Waals surface area contributed by atoms with Crippen LogP contribution in [0.5, 0.6) is 0 Å². The number of piperidine rings is 2. The molecule has 7 nitrogen and oxygen atoms in total. The lowest BCUT2D eigenvalue weighted by Gasteiger charge is -2.55. The summed E-state index contributed by atoms with van der Waals surface area (Å²) in [5.74, 6) is 1.38. The minimum atomic E-state index is -0.173. The van der Waals surface area contributed by atoms with Crippen LogP contribution in [-0.2, 0) is 4.79 Å². The topological polar surface area (TPSA) is 62.5 Å². The van der Waals surface area contributed by atoms with Crippen molar-refractivity contribution in [1.29, 1.82) is 0 Å². The molecule has 8 heteroatoms. The fraction of sp³-hybridized carbons (Fsp3) is 0.458. The maximum absolute atomic E-state index is 13.6. The van der Waals surface area contributed by atoms with Crippen LogP contribution in [0.2, 0.25) is 0 Å². The Kier molecular flexibility index (Phi) is 2.82. The molecule has 32 heavy (non-hydrogen) atoms. The fourth-order valence-corrected chi connectivity index (χ4v) is 7.32. The quantitative estimate of drug-likeness (QED) is 0.510. The van der Waals surface area contributed by atoms with Gasteiger partial charge in [-0.05, 0) is 44.0 Å². The Morgan fingerprint density at radius 2 is 2.00 bits per heavy atom. The standard InChI is InChI=1S/C24H23FN6O/c1-23-18-12-31(18,16-9-7-15(25)8-10-16)17-11-24(17,23)13-29(23)20-4-2-3-19-26-22(28-30(19)20)27-21(32)14-5-6-14/h2-4,7-10,14,17-18H,5-6,11-13H2,1H3/p+1. The van der Waals surface area contributed by atoms with Crippen molar-refractivity contribution in [1.82, 2.24) is 19.1 Å². The van der Waals surface area contributed by atoms with Gasteiger partial charge in [-0.15, -0.1) is 5.10 Å². The van der Waals surface area contributed by atoms with Gasteiger partial charge in [0, 0.05) is 31.0 Å². The molecule has 2 aliphatic carbocycles. The average Bonchev–Trinajstić information content (AvgIpc) is 3.65. The predicted octanol–water partition coefficient (Wildman–Crippen LogP) is 2.96. The summed E-state index contributed by atoms with van der Waals surface area (Å²) >= 11 is 0. The number of benzene rings is 1. The molecule has 0 radical (unpaired) electrons. The first-order valence-corrected chi connectivity index (χ1v) is 11.6. The monoisotopic (exact) mass is 431 g/mol. The number of halogens is 1. The van der Waals surface area contributed by atoms with Crippen LogP contribution < -0.4 is 14.7 Å². The van der Waals surface area contributed by atoms with E-state index >= 15 is 0 Å². The summed E-state index contributed by atoms with van der Waals surface area (Å²) in [6, 6.07) is 14.4. The summed E-state index contributed by atoms with van der Waals surface area (Å²) in [5.41, 5.74) is 2.37. The zero-order valence-electron chi connectivity index (χ0n) is 17.8. The van der Waals surface area contributed by atoms with Crippen LogP contribution in [0.15, 0.2) is 42.5 Å². The smallest absolute Gasteiger partial charge is 0.249 e. The summed E-state index contributed by atoms with van der Waals surface area (Å²) < 4.78 is 16.4. The molecule has 1 amide bonds. The first-order chi connectivity index (χ1) is 15.5. The largest absolute Gasteiger partial charge is 0.343 e. The number of carbonyl (C=O) groups excluding carboxylic acids is 1. The van der Waals surface area contributed by atoms with Gasteiger partial charge in [-0.25, -0.2) is 4.39 Å². The van der Waals surface area contributed by atoms with Gasteiger partial charge in [0.05, 0.1) is 5.41 Å². The first kappa shape index (κ1) is 17.5. The van der Waals surface area contributed by atoms with Gasteiger partial charge >= 0.3 is 0 Å². The molecule has 3 aromatic rings. The van der Waals surface area contributed by atoms with E-state index in [9.17, 15) is 9.18 Å². The number of amides is 1. The molecule has 2 saturated carbocycles. The molecular formula is C24H24FN6O+. The Morgan fingerprint density at radius 3 is 2.78 bits per heavy atom. The minimum Gasteiger partial charge on any atom is -0.343 e. The molecule has 162 valence electrons. The van der Waals surface area contributed by atoms with Crippen molar-refractivity contribution in [3.8, 4) is 0 Å². The molecule has 5 heterocycles. The SMILES string of the molecule is CC12C3C[N+]3(c3ccc(F)cc3)C3CC31CN2c1cccc2nc(NC(=O)C3CC3)nn12. The zero-order chi connectivity index (χ0) is 21.5. The number of rotatable bonds is 4.